The number of primary amides is 1. The van der Waals surface area contributed by atoms with Crippen molar-refractivity contribution in [1.29, 1.82) is 0 Å². The molecular weight excluding hydrogens is 414 g/mol. The molecule has 2 aromatic carbocycles. The van der Waals surface area contributed by atoms with E-state index in [0.717, 1.165) is 22.7 Å². The zero-order valence-electron chi connectivity index (χ0n) is 18.8. The summed E-state index contributed by atoms with van der Waals surface area (Å²) >= 11 is 0. The van der Waals surface area contributed by atoms with Crippen LogP contribution in [0.15, 0.2) is 54.7 Å². The average molecular weight is 442 g/mol. The molecule has 1 amide bonds. The Morgan fingerprint density at radius 2 is 1.88 bits per heavy atom. The third kappa shape index (κ3) is 4.26. The minimum absolute atomic E-state index is 0.160. The summed E-state index contributed by atoms with van der Waals surface area (Å²) in [6.45, 7) is 2.20. The van der Waals surface area contributed by atoms with Crippen LogP contribution in [0.5, 0.6) is 11.5 Å². The molecule has 7 heteroatoms. The highest BCUT2D eigenvalue weighted by atomic mass is 16.5. The number of aryl methyl sites for hydroxylation is 2. The van der Waals surface area contributed by atoms with E-state index in [9.17, 15) is 4.79 Å². The molecule has 2 heterocycles. The molecule has 0 atom stereocenters. The second-order valence-electron chi connectivity index (χ2n) is 8.67. The number of rotatable bonds is 6. The number of aromatic nitrogens is 3. The van der Waals surface area contributed by atoms with Crippen molar-refractivity contribution in [2.75, 3.05) is 5.32 Å². The number of benzene rings is 2. The van der Waals surface area contributed by atoms with Crippen LogP contribution in [-0.4, -0.2) is 20.4 Å². The van der Waals surface area contributed by atoms with E-state index in [0.29, 0.717) is 17.4 Å². The number of nitrogens with two attached hydrogens (primary N) is 1. The van der Waals surface area contributed by atoms with Crippen molar-refractivity contribution in [2.24, 2.45) is 12.8 Å². The largest absolute Gasteiger partial charge is 0.457 e. The smallest absolute Gasteiger partial charge is 0.267 e. The second kappa shape index (κ2) is 8.58. The Hall–Kier alpha value is -3.87. The molecule has 168 valence electrons. The monoisotopic (exact) mass is 441 g/mol. The summed E-state index contributed by atoms with van der Waals surface area (Å²) < 4.78 is 7.95. The summed E-state index contributed by atoms with van der Waals surface area (Å²) in [6.07, 6.45) is 6.69. The third-order valence-electron chi connectivity index (χ3n) is 6.40. The van der Waals surface area contributed by atoms with Crippen molar-refractivity contribution in [1.82, 2.24) is 14.5 Å². The quantitative estimate of drug-likeness (QED) is 0.408. The van der Waals surface area contributed by atoms with Gasteiger partial charge in [-0.2, -0.15) is 0 Å². The number of hydrogen-bond donors (Lipinski definition) is 2. The lowest BCUT2D eigenvalue weighted by atomic mass is 9.93. The number of amides is 1. The summed E-state index contributed by atoms with van der Waals surface area (Å²) in [5, 5.41) is 3.49. The number of fused-ring (bicyclic) bond motifs is 1. The molecule has 0 aliphatic heterocycles. The van der Waals surface area contributed by atoms with Gasteiger partial charge in [0.2, 0.25) is 5.95 Å². The molecule has 4 aromatic rings. The van der Waals surface area contributed by atoms with Gasteiger partial charge in [-0.25, -0.2) is 4.98 Å². The molecule has 2 aromatic heterocycles. The SMILES string of the molecule is Cc1ccc(Nc2nc3cc(Oc4ccnc(C(N)=O)c4)ccc3n2C)cc1C1CCCC1. The molecule has 33 heavy (non-hydrogen) atoms. The maximum atomic E-state index is 11.4. The molecule has 5 rings (SSSR count). The van der Waals surface area contributed by atoms with Crippen LogP contribution in [0.3, 0.4) is 0 Å². The first-order valence-electron chi connectivity index (χ1n) is 11.3. The summed E-state index contributed by atoms with van der Waals surface area (Å²) in [5.41, 5.74) is 11.1. The van der Waals surface area contributed by atoms with Crippen molar-refractivity contribution < 1.29 is 9.53 Å². The summed E-state index contributed by atoms with van der Waals surface area (Å²) in [6, 6.07) is 15.5. The van der Waals surface area contributed by atoms with Crippen LogP contribution in [0.2, 0.25) is 0 Å². The van der Waals surface area contributed by atoms with Crippen LogP contribution in [0, 0.1) is 6.92 Å². The van der Waals surface area contributed by atoms with Crippen LogP contribution >= 0.6 is 0 Å². The summed E-state index contributed by atoms with van der Waals surface area (Å²) in [5.74, 6) is 1.95. The molecule has 1 aliphatic rings. The number of carbonyl (C=O) groups is 1. The average Bonchev–Trinajstić information content (AvgIpc) is 3.44. The fourth-order valence-corrected chi connectivity index (χ4v) is 4.62. The van der Waals surface area contributed by atoms with Gasteiger partial charge in [0, 0.05) is 31.1 Å². The van der Waals surface area contributed by atoms with Gasteiger partial charge in [-0.1, -0.05) is 18.9 Å². The van der Waals surface area contributed by atoms with Gasteiger partial charge >= 0.3 is 0 Å². The first-order chi connectivity index (χ1) is 16.0. The maximum absolute atomic E-state index is 11.4. The molecule has 1 fully saturated rings. The predicted molar refractivity (Wildman–Crippen MR) is 129 cm³/mol. The molecule has 0 bridgehead atoms. The van der Waals surface area contributed by atoms with Crippen LogP contribution in [0.4, 0.5) is 11.6 Å². The number of pyridine rings is 1. The maximum Gasteiger partial charge on any atom is 0.267 e. The van der Waals surface area contributed by atoms with Crippen molar-refractivity contribution in [2.45, 2.75) is 38.5 Å². The Morgan fingerprint density at radius 3 is 2.67 bits per heavy atom. The Labute approximate surface area is 192 Å². The molecule has 0 spiro atoms. The van der Waals surface area contributed by atoms with Gasteiger partial charge in [-0.05, 0) is 67.1 Å². The zero-order valence-corrected chi connectivity index (χ0v) is 18.8. The molecule has 3 N–H and O–H groups in total. The van der Waals surface area contributed by atoms with Gasteiger partial charge in [-0.15, -0.1) is 0 Å². The van der Waals surface area contributed by atoms with E-state index >= 15 is 0 Å². The van der Waals surface area contributed by atoms with Crippen LogP contribution in [-0.2, 0) is 7.05 Å². The highest BCUT2D eigenvalue weighted by molar-refractivity contribution is 5.91. The fraction of sp³-hybridized carbons (Fsp3) is 0.269. The van der Waals surface area contributed by atoms with Crippen molar-refractivity contribution >= 4 is 28.6 Å². The molecule has 0 saturated heterocycles. The van der Waals surface area contributed by atoms with Gasteiger partial charge in [0.15, 0.2) is 0 Å². The number of nitrogens with zero attached hydrogens (tertiary/aromatic N) is 3. The lowest BCUT2D eigenvalue weighted by molar-refractivity contribution is 0.0995. The first kappa shape index (κ1) is 21.0. The van der Waals surface area contributed by atoms with E-state index in [1.54, 1.807) is 6.07 Å². The minimum Gasteiger partial charge on any atom is -0.457 e. The van der Waals surface area contributed by atoms with Crippen molar-refractivity contribution in [3.8, 4) is 11.5 Å². The molecular formula is C26H27N5O2. The van der Waals surface area contributed by atoms with Crippen LogP contribution in [0.1, 0.15) is 53.2 Å². The van der Waals surface area contributed by atoms with Crippen LogP contribution in [0.25, 0.3) is 11.0 Å². The summed E-state index contributed by atoms with van der Waals surface area (Å²) in [4.78, 5) is 20.1. The minimum atomic E-state index is -0.594. The number of ether oxygens (including phenoxy) is 1. The number of anilines is 2. The highest BCUT2D eigenvalue weighted by Crippen LogP contribution is 2.37. The molecule has 0 radical (unpaired) electrons. The van der Waals surface area contributed by atoms with E-state index in [4.69, 9.17) is 15.5 Å². The number of imidazole rings is 1. The Kier molecular flexibility index (Phi) is 5.46. The van der Waals surface area contributed by atoms with Gasteiger partial charge < -0.3 is 20.4 Å². The van der Waals surface area contributed by atoms with Crippen molar-refractivity contribution in [3.63, 3.8) is 0 Å². The van der Waals surface area contributed by atoms with Gasteiger partial charge in [0.1, 0.15) is 17.2 Å². The molecule has 7 nitrogen and oxygen atoms in total. The number of carbonyl (C=O) groups excluding carboxylic acids is 1. The molecule has 1 saturated carbocycles. The van der Waals surface area contributed by atoms with E-state index in [1.807, 2.05) is 29.8 Å². The molecule has 1 aliphatic carbocycles. The normalized spacial score (nSPS) is 14.0. The topological polar surface area (TPSA) is 95.1 Å². The predicted octanol–water partition coefficient (Wildman–Crippen LogP) is 5.57. The van der Waals surface area contributed by atoms with Gasteiger partial charge in [0.05, 0.1) is 11.0 Å². The Morgan fingerprint density at radius 1 is 1.09 bits per heavy atom. The van der Waals surface area contributed by atoms with Crippen molar-refractivity contribution in [3.05, 3.63) is 71.5 Å². The Bertz CT molecular complexity index is 1340. The second-order valence-corrected chi connectivity index (χ2v) is 8.67. The fourth-order valence-electron chi connectivity index (χ4n) is 4.62. The number of hydrogen-bond acceptors (Lipinski definition) is 5. The lowest BCUT2D eigenvalue weighted by Gasteiger charge is -2.15. The van der Waals surface area contributed by atoms with Gasteiger partial charge in [-0.3, -0.25) is 9.78 Å². The van der Waals surface area contributed by atoms with E-state index in [-0.39, 0.29) is 5.69 Å². The van der Waals surface area contributed by atoms with E-state index in [2.05, 4.69) is 35.4 Å². The van der Waals surface area contributed by atoms with E-state index in [1.165, 1.54) is 49.1 Å². The standard InChI is InChI=1S/C26H27N5O2/c1-16-7-8-18(13-21(16)17-5-3-4-6-17)29-26-30-22-14-19(9-10-24(22)31(26)2)33-20-11-12-28-23(15-20)25(27)32/h7-15,17H,3-6H2,1-2H3,(H2,27,32)(H,29,30). The van der Waals surface area contributed by atoms with Gasteiger partial charge in [0.25, 0.3) is 5.91 Å². The molecule has 0 unspecified atom stereocenters. The van der Waals surface area contributed by atoms with E-state index < -0.39 is 5.91 Å². The highest BCUT2D eigenvalue weighted by Gasteiger charge is 2.19. The Balaban J connectivity index is 1.40. The summed E-state index contributed by atoms with van der Waals surface area (Å²) in [7, 11) is 1.99. The first-order valence-corrected chi connectivity index (χ1v) is 11.3. The number of nitrogens with one attached hydrogen (secondary N) is 1. The third-order valence-corrected chi connectivity index (χ3v) is 6.40. The van der Waals surface area contributed by atoms with Crippen LogP contribution < -0.4 is 15.8 Å². The zero-order chi connectivity index (χ0) is 22.9. The lowest BCUT2D eigenvalue weighted by Crippen LogP contribution is -2.12.